The minimum Gasteiger partial charge on any atom is -0.381 e. The molecule has 0 fully saturated rings. The lowest BCUT2D eigenvalue weighted by atomic mass is 10.2. The van der Waals surface area contributed by atoms with Crippen LogP contribution in [-0.4, -0.2) is 8.96 Å². The molecule has 0 unspecified atom stereocenters. The summed E-state index contributed by atoms with van der Waals surface area (Å²) >= 11 is 1.17. The lowest BCUT2D eigenvalue weighted by Gasteiger charge is -2.04. The van der Waals surface area contributed by atoms with Crippen molar-refractivity contribution in [2.45, 2.75) is 5.75 Å². The van der Waals surface area contributed by atoms with E-state index in [-0.39, 0.29) is 5.82 Å². The molecule has 88 valence electrons. The molecule has 6 heteroatoms. The van der Waals surface area contributed by atoms with E-state index in [1.54, 1.807) is 0 Å². The van der Waals surface area contributed by atoms with Crippen LogP contribution in [-0.2, 0) is 5.75 Å². The van der Waals surface area contributed by atoms with E-state index in [9.17, 15) is 9.18 Å². The number of nitrogen functional groups attached to an aromatic ring is 1. The average Bonchev–Trinajstić information content (AvgIpc) is 2.33. The molecule has 4 nitrogen and oxygen atoms in total. The normalized spacial score (nSPS) is 10.4. The third kappa shape index (κ3) is 2.85. The highest BCUT2D eigenvalue weighted by atomic mass is 32.2. The van der Waals surface area contributed by atoms with Crippen LogP contribution >= 0.6 is 11.9 Å². The summed E-state index contributed by atoms with van der Waals surface area (Å²) in [6.07, 6.45) is 1.05. The monoisotopic (exact) mass is 251 g/mol. The van der Waals surface area contributed by atoms with Crippen LogP contribution in [0.2, 0.25) is 0 Å². The zero-order valence-electron chi connectivity index (χ0n) is 8.84. The van der Waals surface area contributed by atoms with E-state index in [0.717, 1.165) is 15.7 Å². The third-order valence-electron chi connectivity index (χ3n) is 2.09. The molecule has 2 N–H and O–H groups in total. The van der Waals surface area contributed by atoms with Gasteiger partial charge in [-0.05, 0) is 17.5 Å². The van der Waals surface area contributed by atoms with Gasteiger partial charge in [-0.1, -0.05) is 30.3 Å². The summed E-state index contributed by atoms with van der Waals surface area (Å²) in [5, 5.41) is 0. The van der Waals surface area contributed by atoms with E-state index in [1.165, 1.54) is 11.9 Å². The van der Waals surface area contributed by atoms with E-state index >= 15 is 0 Å². The Balaban J connectivity index is 2.15. The van der Waals surface area contributed by atoms with Crippen LogP contribution in [0, 0.1) is 5.82 Å². The van der Waals surface area contributed by atoms with Gasteiger partial charge in [0.1, 0.15) is 0 Å². The zero-order chi connectivity index (χ0) is 12.3. The van der Waals surface area contributed by atoms with Crippen molar-refractivity contribution >= 4 is 17.8 Å². The van der Waals surface area contributed by atoms with Gasteiger partial charge in [0.25, 0.3) is 0 Å². The van der Waals surface area contributed by atoms with Gasteiger partial charge in [0.2, 0.25) is 0 Å². The van der Waals surface area contributed by atoms with Gasteiger partial charge in [0, 0.05) is 5.75 Å². The lowest BCUT2D eigenvalue weighted by molar-refractivity contribution is 0.614. The van der Waals surface area contributed by atoms with Crippen LogP contribution in [0.1, 0.15) is 5.56 Å². The number of hydrogen-bond donors (Lipinski definition) is 1. The lowest BCUT2D eigenvalue weighted by Crippen LogP contribution is -2.20. The molecular weight excluding hydrogens is 241 g/mol. The fourth-order valence-electron chi connectivity index (χ4n) is 1.24. The molecular formula is C11H10FN3OS. The number of rotatable bonds is 3. The minimum absolute atomic E-state index is 0.369. The summed E-state index contributed by atoms with van der Waals surface area (Å²) in [6, 6.07) is 9.57. The maximum atomic E-state index is 13.1. The van der Waals surface area contributed by atoms with Crippen molar-refractivity contribution in [3.63, 3.8) is 0 Å². The second kappa shape index (κ2) is 5.01. The molecule has 0 amide bonds. The molecule has 17 heavy (non-hydrogen) atoms. The Morgan fingerprint density at radius 1 is 1.35 bits per heavy atom. The Morgan fingerprint density at radius 3 is 2.76 bits per heavy atom. The number of aromatic nitrogens is 2. The number of hydrogen-bond acceptors (Lipinski definition) is 4. The highest BCUT2D eigenvalue weighted by Gasteiger charge is 2.05. The molecule has 1 aromatic heterocycles. The SMILES string of the molecule is Nc1nc(=O)n(SCc2ccccc2)cc1F. The van der Waals surface area contributed by atoms with Crippen LogP contribution in [0.5, 0.6) is 0 Å². The predicted octanol–water partition coefficient (Wildman–Crippen LogP) is 1.66. The Morgan fingerprint density at radius 2 is 2.06 bits per heavy atom. The zero-order valence-corrected chi connectivity index (χ0v) is 9.65. The Kier molecular flexibility index (Phi) is 3.43. The van der Waals surface area contributed by atoms with E-state index in [1.807, 2.05) is 30.3 Å². The molecule has 0 atom stereocenters. The van der Waals surface area contributed by atoms with Crippen molar-refractivity contribution in [3.8, 4) is 0 Å². The number of nitrogens with two attached hydrogens (primary N) is 1. The van der Waals surface area contributed by atoms with Gasteiger partial charge in [-0.15, -0.1) is 0 Å². The van der Waals surface area contributed by atoms with Gasteiger partial charge in [0.05, 0.1) is 6.20 Å². The van der Waals surface area contributed by atoms with Crippen molar-refractivity contribution in [1.82, 2.24) is 8.96 Å². The van der Waals surface area contributed by atoms with Gasteiger partial charge < -0.3 is 5.73 Å². The van der Waals surface area contributed by atoms with Crippen molar-refractivity contribution in [2.75, 3.05) is 5.73 Å². The van der Waals surface area contributed by atoms with E-state index in [2.05, 4.69) is 4.98 Å². The first-order chi connectivity index (χ1) is 8.16. The summed E-state index contributed by atoms with van der Waals surface area (Å²) in [5.41, 5.74) is 5.67. The number of nitrogens with zero attached hydrogens (tertiary/aromatic N) is 2. The molecule has 0 spiro atoms. The number of anilines is 1. The first-order valence-electron chi connectivity index (χ1n) is 4.88. The van der Waals surface area contributed by atoms with Crippen molar-refractivity contribution in [2.24, 2.45) is 0 Å². The molecule has 0 aliphatic heterocycles. The molecule has 1 heterocycles. The van der Waals surface area contributed by atoms with Gasteiger partial charge in [-0.2, -0.15) is 4.98 Å². The van der Waals surface area contributed by atoms with E-state index in [4.69, 9.17) is 5.73 Å². The largest absolute Gasteiger partial charge is 0.381 e. The van der Waals surface area contributed by atoms with Crippen molar-refractivity contribution in [3.05, 3.63) is 58.4 Å². The molecule has 2 aromatic rings. The fourth-order valence-corrected chi connectivity index (χ4v) is 2.04. The van der Waals surface area contributed by atoms with E-state index < -0.39 is 11.5 Å². The van der Waals surface area contributed by atoms with Crippen molar-refractivity contribution in [1.29, 1.82) is 0 Å². The van der Waals surface area contributed by atoms with Gasteiger partial charge >= 0.3 is 5.69 Å². The van der Waals surface area contributed by atoms with Crippen LogP contribution in [0.4, 0.5) is 10.2 Å². The summed E-state index contributed by atoms with van der Waals surface area (Å²) < 4.78 is 14.3. The van der Waals surface area contributed by atoms with Gasteiger partial charge in [0.15, 0.2) is 11.6 Å². The molecule has 0 aliphatic carbocycles. The van der Waals surface area contributed by atoms with Crippen LogP contribution < -0.4 is 11.4 Å². The quantitative estimate of drug-likeness (QED) is 0.901. The number of halogens is 1. The summed E-state index contributed by atoms with van der Waals surface area (Å²) in [5.74, 6) is -0.497. The molecule has 0 saturated heterocycles. The molecule has 0 saturated carbocycles. The molecule has 1 aromatic carbocycles. The first kappa shape index (κ1) is 11.7. The third-order valence-corrected chi connectivity index (χ3v) is 3.10. The smallest absolute Gasteiger partial charge is 0.359 e. The highest BCUT2D eigenvalue weighted by Crippen LogP contribution is 2.13. The number of benzene rings is 1. The summed E-state index contributed by atoms with van der Waals surface area (Å²) in [7, 11) is 0. The second-order valence-corrected chi connectivity index (χ2v) is 4.28. The van der Waals surface area contributed by atoms with Crippen LogP contribution in [0.3, 0.4) is 0 Å². The first-order valence-corrected chi connectivity index (χ1v) is 5.83. The Bertz CT molecular complexity index is 571. The summed E-state index contributed by atoms with van der Waals surface area (Å²) in [6.45, 7) is 0. The fraction of sp³-hybridized carbons (Fsp3) is 0.0909. The maximum absolute atomic E-state index is 13.1. The van der Waals surface area contributed by atoms with Gasteiger partial charge in [-0.3, -0.25) is 0 Å². The van der Waals surface area contributed by atoms with Gasteiger partial charge in [-0.25, -0.2) is 13.2 Å². The molecule has 0 aliphatic rings. The highest BCUT2D eigenvalue weighted by molar-refractivity contribution is 7.97. The minimum atomic E-state index is -0.690. The van der Waals surface area contributed by atoms with Crippen molar-refractivity contribution < 1.29 is 4.39 Å². The summed E-state index contributed by atoms with van der Waals surface area (Å²) in [4.78, 5) is 14.8. The predicted molar refractivity (Wildman–Crippen MR) is 66.0 cm³/mol. The standard InChI is InChI=1S/C11H10FN3OS/c12-9-6-15(11(16)14-10(9)13)17-7-8-4-2-1-3-5-8/h1-6H,7H2,(H2,13,14,16). The molecule has 2 rings (SSSR count). The maximum Gasteiger partial charge on any atom is 0.359 e. The van der Waals surface area contributed by atoms with Crippen LogP contribution in [0.15, 0.2) is 41.3 Å². The topological polar surface area (TPSA) is 60.9 Å². The molecule has 0 radical (unpaired) electrons. The Hall–Kier alpha value is -1.82. The molecule has 0 bridgehead atoms. The Labute approximate surface area is 101 Å². The average molecular weight is 251 g/mol. The van der Waals surface area contributed by atoms with Crippen LogP contribution in [0.25, 0.3) is 0 Å². The van der Waals surface area contributed by atoms with E-state index in [0.29, 0.717) is 5.75 Å². The second-order valence-electron chi connectivity index (χ2n) is 3.34.